The second-order valence-corrected chi connectivity index (χ2v) is 3.13. The molecule has 0 aliphatic carbocycles. The van der Waals surface area contributed by atoms with Crippen molar-refractivity contribution in [2.75, 3.05) is 0 Å². The number of hydrogen-bond donors (Lipinski definition) is 1. The maximum absolute atomic E-state index is 11.1. The Hall–Kier alpha value is -1.90. The van der Waals surface area contributed by atoms with Crippen molar-refractivity contribution < 1.29 is 0 Å². The van der Waals surface area contributed by atoms with Gasteiger partial charge in [0, 0.05) is 24.2 Å². The molecule has 84 valence electrons. The molecule has 0 bridgehead atoms. The number of nitrogens with zero attached hydrogens (tertiary/aromatic N) is 1. The quantitative estimate of drug-likeness (QED) is 0.796. The molecule has 0 aliphatic rings. The van der Waals surface area contributed by atoms with Crippen LogP contribution in [0.25, 0.3) is 11.1 Å². The van der Waals surface area contributed by atoms with E-state index >= 15 is 0 Å². The summed E-state index contributed by atoms with van der Waals surface area (Å²) < 4.78 is 0. The summed E-state index contributed by atoms with van der Waals surface area (Å²) in [5.41, 5.74) is 2.79. The van der Waals surface area contributed by atoms with Gasteiger partial charge in [0.1, 0.15) is 0 Å². The van der Waals surface area contributed by atoms with Crippen molar-refractivity contribution >= 4 is 0 Å². The van der Waals surface area contributed by atoms with E-state index in [0.717, 1.165) is 16.8 Å². The molecule has 0 aliphatic heterocycles. The van der Waals surface area contributed by atoms with Crippen LogP contribution in [0.4, 0.5) is 0 Å². The number of hydrogen-bond acceptors (Lipinski definition) is 2. The van der Waals surface area contributed by atoms with Crippen molar-refractivity contribution in [1.82, 2.24) is 9.97 Å². The fourth-order valence-corrected chi connectivity index (χ4v) is 1.35. The molecule has 3 nitrogen and oxygen atoms in total. The largest absolute Gasteiger partial charge is 0.329 e. The van der Waals surface area contributed by atoms with Crippen LogP contribution in [-0.2, 0) is 0 Å². The number of aromatic amines is 1. The summed E-state index contributed by atoms with van der Waals surface area (Å²) in [7, 11) is 0. The third-order valence-electron chi connectivity index (χ3n) is 2.01. The Morgan fingerprint density at radius 2 is 1.81 bits per heavy atom. The molecule has 2 aromatic heterocycles. The molecule has 2 rings (SSSR count). The van der Waals surface area contributed by atoms with Gasteiger partial charge in [0.15, 0.2) is 0 Å². The summed E-state index contributed by atoms with van der Waals surface area (Å²) in [6, 6.07) is 7.29. The lowest BCUT2D eigenvalue weighted by atomic mass is 10.1. The van der Waals surface area contributed by atoms with E-state index in [1.54, 1.807) is 18.5 Å². The average Bonchev–Trinajstić information content (AvgIpc) is 2.32. The van der Waals surface area contributed by atoms with Gasteiger partial charge in [-0.3, -0.25) is 9.78 Å². The van der Waals surface area contributed by atoms with Crippen molar-refractivity contribution in [1.29, 1.82) is 0 Å². The molecular formula is C13H16N2O. The van der Waals surface area contributed by atoms with Gasteiger partial charge in [0.2, 0.25) is 5.56 Å². The van der Waals surface area contributed by atoms with Gasteiger partial charge in [-0.25, -0.2) is 0 Å². The molecule has 0 spiro atoms. The van der Waals surface area contributed by atoms with Crippen LogP contribution >= 0.6 is 0 Å². The zero-order valence-electron chi connectivity index (χ0n) is 9.82. The predicted molar refractivity (Wildman–Crippen MR) is 66.4 cm³/mol. The van der Waals surface area contributed by atoms with Gasteiger partial charge in [-0.1, -0.05) is 13.8 Å². The Balaban J connectivity index is 0.000000606. The lowest BCUT2D eigenvalue weighted by Crippen LogP contribution is -2.02. The number of nitrogens with one attached hydrogen (secondary N) is 1. The van der Waals surface area contributed by atoms with E-state index in [4.69, 9.17) is 0 Å². The molecule has 3 heteroatoms. The zero-order chi connectivity index (χ0) is 12.0. The number of aromatic nitrogens is 2. The third kappa shape index (κ3) is 3.05. The Bertz CT molecular complexity index is 503. The second-order valence-electron chi connectivity index (χ2n) is 3.13. The van der Waals surface area contributed by atoms with Crippen LogP contribution in [0.3, 0.4) is 0 Å². The van der Waals surface area contributed by atoms with E-state index in [1.807, 2.05) is 39.0 Å². The Morgan fingerprint density at radius 1 is 1.12 bits per heavy atom. The molecule has 1 N–H and O–H groups in total. The van der Waals surface area contributed by atoms with E-state index in [-0.39, 0.29) is 5.56 Å². The van der Waals surface area contributed by atoms with Crippen LogP contribution in [0.2, 0.25) is 0 Å². The van der Waals surface area contributed by atoms with Crippen molar-refractivity contribution in [2.45, 2.75) is 20.8 Å². The first kappa shape index (κ1) is 12.2. The summed E-state index contributed by atoms with van der Waals surface area (Å²) in [5, 5.41) is 0. The molecule has 0 fully saturated rings. The first-order valence-corrected chi connectivity index (χ1v) is 5.37. The van der Waals surface area contributed by atoms with Crippen LogP contribution in [0.5, 0.6) is 0 Å². The van der Waals surface area contributed by atoms with Gasteiger partial charge in [0.05, 0.1) is 0 Å². The van der Waals surface area contributed by atoms with Crippen LogP contribution in [0, 0.1) is 6.92 Å². The van der Waals surface area contributed by atoms with Gasteiger partial charge in [-0.15, -0.1) is 0 Å². The highest BCUT2D eigenvalue weighted by atomic mass is 16.1. The highest BCUT2D eigenvalue weighted by molar-refractivity contribution is 5.62. The highest BCUT2D eigenvalue weighted by Crippen LogP contribution is 2.16. The number of pyridine rings is 2. The molecule has 0 aromatic carbocycles. The highest BCUT2D eigenvalue weighted by Gasteiger charge is 1.97. The fraction of sp³-hybridized carbons (Fsp3) is 0.231. The molecule has 16 heavy (non-hydrogen) atoms. The van der Waals surface area contributed by atoms with Gasteiger partial charge >= 0.3 is 0 Å². The van der Waals surface area contributed by atoms with E-state index in [1.165, 1.54) is 0 Å². The molecule has 2 aromatic rings. The minimum Gasteiger partial charge on any atom is -0.329 e. The van der Waals surface area contributed by atoms with Crippen molar-refractivity contribution in [2.24, 2.45) is 0 Å². The molecule has 0 unspecified atom stereocenters. The van der Waals surface area contributed by atoms with E-state index in [9.17, 15) is 4.79 Å². The van der Waals surface area contributed by atoms with E-state index in [0.29, 0.717) is 0 Å². The van der Waals surface area contributed by atoms with Crippen molar-refractivity contribution in [3.8, 4) is 11.1 Å². The molecule has 0 amide bonds. The minimum absolute atomic E-state index is 0.0861. The predicted octanol–water partition coefficient (Wildman–Crippen LogP) is 2.77. The van der Waals surface area contributed by atoms with Gasteiger partial charge in [-0.2, -0.15) is 0 Å². The van der Waals surface area contributed by atoms with E-state index in [2.05, 4.69) is 9.97 Å². The first-order chi connectivity index (χ1) is 7.75. The lowest BCUT2D eigenvalue weighted by molar-refractivity contribution is 1.20. The topological polar surface area (TPSA) is 45.8 Å². The second kappa shape index (κ2) is 5.85. The normalized spacial score (nSPS) is 9.19. The Labute approximate surface area is 95.2 Å². The zero-order valence-corrected chi connectivity index (χ0v) is 9.82. The Morgan fingerprint density at radius 3 is 2.44 bits per heavy atom. The Kier molecular flexibility index (Phi) is 4.45. The SMILES string of the molecule is CC.Cc1cc(-c2cc[nH]c(=O)c2)ccn1. The standard InChI is InChI=1S/C11H10N2O.C2H6/c1-8-6-9(2-4-12-8)10-3-5-13-11(14)7-10;1-2/h2-7H,1H3,(H,13,14);1-2H3. The van der Waals surface area contributed by atoms with Crippen molar-refractivity contribution in [3.63, 3.8) is 0 Å². The molecule has 0 radical (unpaired) electrons. The van der Waals surface area contributed by atoms with Gasteiger partial charge in [0.25, 0.3) is 0 Å². The maximum atomic E-state index is 11.1. The summed E-state index contributed by atoms with van der Waals surface area (Å²) in [6.07, 6.45) is 3.39. The summed E-state index contributed by atoms with van der Waals surface area (Å²) in [4.78, 5) is 17.8. The monoisotopic (exact) mass is 216 g/mol. The molecule has 2 heterocycles. The third-order valence-corrected chi connectivity index (χ3v) is 2.01. The first-order valence-electron chi connectivity index (χ1n) is 5.37. The van der Waals surface area contributed by atoms with Crippen LogP contribution in [0.1, 0.15) is 19.5 Å². The molecule has 0 saturated heterocycles. The molecule has 0 saturated carbocycles. The van der Waals surface area contributed by atoms with E-state index < -0.39 is 0 Å². The smallest absolute Gasteiger partial charge is 0.248 e. The van der Waals surface area contributed by atoms with Gasteiger partial charge < -0.3 is 4.98 Å². The van der Waals surface area contributed by atoms with Crippen LogP contribution in [-0.4, -0.2) is 9.97 Å². The fourth-order valence-electron chi connectivity index (χ4n) is 1.35. The molecule has 0 atom stereocenters. The number of aryl methyl sites for hydroxylation is 1. The molecular weight excluding hydrogens is 200 g/mol. The van der Waals surface area contributed by atoms with Crippen molar-refractivity contribution in [3.05, 3.63) is 52.7 Å². The van der Waals surface area contributed by atoms with Crippen LogP contribution < -0.4 is 5.56 Å². The minimum atomic E-state index is -0.0861. The summed E-state index contributed by atoms with van der Waals surface area (Å²) >= 11 is 0. The maximum Gasteiger partial charge on any atom is 0.248 e. The summed E-state index contributed by atoms with van der Waals surface area (Å²) in [5.74, 6) is 0. The van der Waals surface area contributed by atoms with Gasteiger partial charge in [-0.05, 0) is 36.2 Å². The summed E-state index contributed by atoms with van der Waals surface area (Å²) in [6.45, 7) is 5.93. The van der Waals surface area contributed by atoms with Crippen LogP contribution in [0.15, 0.2) is 41.5 Å². The number of H-pyrrole nitrogens is 1. The number of rotatable bonds is 1. The average molecular weight is 216 g/mol. The lowest BCUT2D eigenvalue weighted by Gasteiger charge is -2.00.